The van der Waals surface area contributed by atoms with Gasteiger partial charge < -0.3 is 5.11 Å². The monoisotopic (exact) mass is 368 g/mol. The van der Waals surface area contributed by atoms with E-state index in [1.54, 1.807) is 10.9 Å². The Balaban J connectivity index is 2.16. The molecule has 2 aromatic rings. The summed E-state index contributed by atoms with van der Waals surface area (Å²) in [5, 5.41) is 18.4. The first-order chi connectivity index (χ1) is 11.4. The Morgan fingerprint density at radius 2 is 2.21 bits per heavy atom. The molecule has 0 fully saturated rings. The Bertz CT molecular complexity index is 772. The zero-order valence-corrected chi connectivity index (χ0v) is 14.9. The Hall–Kier alpha value is -2.05. The number of nitrogens with zero attached hydrogens (tertiary/aromatic N) is 3. The van der Waals surface area contributed by atoms with Crippen molar-refractivity contribution in [1.82, 2.24) is 9.78 Å². The Labute approximate surface area is 150 Å². The highest BCUT2D eigenvalue weighted by molar-refractivity contribution is 6.33. The zero-order chi connectivity index (χ0) is 17.7. The van der Waals surface area contributed by atoms with Gasteiger partial charge in [0.15, 0.2) is 0 Å². The maximum Gasteiger partial charge on any atom is 0.335 e. The van der Waals surface area contributed by atoms with Crippen LogP contribution < -0.4 is 5.43 Å². The number of nitrogens with one attached hydrogen (secondary N) is 1. The molecule has 0 aliphatic carbocycles. The minimum absolute atomic E-state index is 0.124. The Morgan fingerprint density at radius 1 is 1.46 bits per heavy atom. The van der Waals surface area contributed by atoms with Gasteiger partial charge in [-0.3, -0.25) is 10.1 Å². The van der Waals surface area contributed by atoms with Crippen LogP contribution in [0.25, 0.3) is 0 Å². The van der Waals surface area contributed by atoms with E-state index in [4.69, 9.17) is 28.3 Å². The molecule has 0 amide bonds. The third-order valence-electron chi connectivity index (χ3n) is 3.42. The molecule has 1 heterocycles. The lowest BCUT2D eigenvalue weighted by molar-refractivity contribution is 0.0697. The smallest absolute Gasteiger partial charge is 0.335 e. The number of benzene rings is 1. The van der Waals surface area contributed by atoms with E-state index in [2.05, 4.69) is 22.5 Å². The van der Waals surface area contributed by atoms with Gasteiger partial charge in [-0.05, 0) is 31.5 Å². The summed E-state index contributed by atoms with van der Waals surface area (Å²) in [6.07, 6.45) is 3.60. The zero-order valence-electron chi connectivity index (χ0n) is 13.4. The number of hydrazone groups is 1. The number of anilines is 1. The fraction of sp³-hybridized carbons (Fsp3) is 0.312. The largest absolute Gasteiger partial charge is 0.478 e. The highest BCUT2D eigenvalue weighted by Crippen LogP contribution is 2.23. The standard InChI is InChI=1S/C16H18Cl2N4O2/c1-3-4-7-22-15(18)12(10(2)21-22)9-19-20-14-8-11(16(23)24)5-6-13(14)17/h5-6,8-9,20H,3-4,7H2,1-2H3,(H,23,24)/b19-9-. The molecular weight excluding hydrogens is 351 g/mol. The number of halogens is 2. The van der Waals surface area contributed by atoms with Crippen LogP contribution in [-0.2, 0) is 6.54 Å². The minimum Gasteiger partial charge on any atom is -0.478 e. The predicted molar refractivity (Wildman–Crippen MR) is 96.5 cm³/mol. The molecule has 0 saturated carbocycles. The molecule has 0 radical (unpaired) electrons. The number of carbonyl (C=O) groups is 1. The number of aromatic nitrogens is 2. The lowest BCUT2D eigenvalue weighted by Gasteiger charge is -2.04. The van der Waals surface area contributed by atoms with Crippen molar-refractivity contribution in [2.24, 2.45) is 5.10 Å². The fourth-order valence-electron chi connectivity index (χ4n) is 2.08. The second-order valence-electron chi connectivity index (χ2n) is 5.24. The summed E-state index contributed by atoms with van der Waals surface area (Å²) in [6, 6.07) is 4.35. The quantitative estimate of drug-likeness (QED) is 0.559. The van der Waals surface area contributed by atoms with Gasteiger partial charge in [0, 0.05) is 6.54 Å². The number of carboxylic acids is 1. The lowest BCUT2D eigenvalue weighted by atomic mass is 10.2. The summed E-state index contributed by atoms with van der Waals surface area (Å²) < 4.78 is 1.75. The van der Waals surface area contributed by atoms with E-state index < -0.39 is 5.97 Å². The van der Waals surface area contributed by atoms with E-state index in [0.29, 0.717) is 21.4 Å². The SMILES string of the molecule is CCCCn1nc(C)c(/C=N\Nc2cc(C(=O)O)ccc2Cl)c1Cl. The van der Waals surface area contributed by atoms with Gasteiger partial charge in [-0.15, -0.1) is 0 Å². The summed E-state index contributed by atoms with van der Waals surface area (Å²) in [4.78, 5) is 11.0. The predicted octanol–water partition coefficient (Wildman–Crippen LogP) is 4.44. The Morgan fingerprint density at radius 3 is 2.88 bits per heavy atom. The number of aryl methyl sites for hydroxylation is 2. The highest BCUT2D eigenvalue weighted by atomic mass is 35.5. The lowest BCUT2D eigenvalue weighted by Crippen LogP contribution is -2.00. The topological polar surface area (TPSA) is 79.5 Å². The van der Waals surface area contributed by atoms with Gasteiger partial charge in [0.2, 0.25) is 0 Å². The van der Waals surface area contributed by atoms with Crippen LogP contribution in [0.15, 0.2) is 23.3 Å². The second kappa shape index (κ2) is 8.17. The fourth-order valence-corrected chi connectivity index (χ4v) is 2.55. The molecule has 0 spiro atoms. The van der Waals surface area contributed by atoms with E-state index in [-0.39, 0.29) is 5.56 Å². The van der Waals surface area contributed by atoms with Crippen LogP contribution in [0.4, 0.5) is 5.69 Å². The van der Waals surface area contributed by atoms with Gasteiger partial charge >= 0.3 is 5.97 Å². The van der Waals surface area contributed by atoms with Crippen molar-refractivity contribution in [2.45, 2.75) is 33.2 Å². The van der Waals surface area contributed by atoms with E-state index in [0.717, 1.165) is 25.1 Å². The molecule has 128 valence electrons. The van der Waals surface area contributed by atoms with Gasteiger partial charge in [0.1, 0.15) is 5.15 Å². The van der Waals surface area contributed by atoms with Crippen molar-refractivity contribution in [3.8, 4) is 0 Å². The van der Waals surface area contributed by atoms with Crippen LogP contribution in [0.2, 0.25) is 10.2 Å². The van der Waals surface area contributed by atoms with Gasteiger partial charge in [0.05, 0.1) is 33.7 Å². The first-order valence-electron chi connectivity index (χ1n) is 7.48. The third-order valence-corrected chi connectivity index (χ3v) is 4.15. The molecule has 2 rings (SSSR count). The van der Waals surface area contributed by atoms with Crippen LogP contribution in [0.3, 0.4) is 0 Å². The van der Waals surface area contributed by atoms with Crippen LogP contribution in [-0.4, -0.2) is 27.1 Å². The van der Waals surface area contributed by atoms with Gasteiger partial charge in [-0.1, -0.05) is 36.5 Å². The second-order valence-corrected chi connectivity index (χ2v) is 6.00. The summed E-state index contributed by atoms with van der Waals surface area (Å²) in [5.41, 5.74) is 4.75. The number of hydrogen-bond acceptors (Lipinski definition) is 4. The average molecular weight is 369 g/mol. The van der Waals surface area contributed by atoms with Crippen LogP contribution >= 0.6 is 23.2 Å². The minimum atomic E-state index is -1.03. The van der Waals surface area contributed by atoms with E-state index in [9.17, 15) is 4.79 Å². The molecule has 1 aromatic heterocycles. The van der Waals surface area contributed by atoms with Gasteiger partial charge in [-0.2, -0.15) is 10.2 Å². The summed E-state index contributed by atoms with van der Waals surface area (Å²) in [7, 11) is 0. The van der Waals surface area contributed by atoms with E-state index in [1.807, 2.05) is 6.92 Å². The molecule has 24 heavy (non-hydrogen) atoms. The van der Waals surface area contributed by atoms with Gasteiger partial charge in [0.25, 0.3) is 0 Å². The maximum atomic E-state index is 11.0. The molecular formula is C16H18Cl2N4O2. The van der Waals surface area contributed by atoms with Crippen LogP contribution in [0.1, 0.15) is 41.4 Å². The molecule has 6 nitrogen and oxygen atoms in total. The van der Waals surface area contributed by atoms with Crippen molar-refractivity contribution in [3.05, 3.63) is 45.2 Å². The molecule has 8 heteroatoms. The van der Waals surface area contributed by atoms with E-state index >= 15 is 0 Å². The molecule has 0 aliphatic rings. The number of rotatable bonds is 7. The molecule has 0 saturated heterocycles. The number of hydrogen-bond donors (Lipinski definition) is 2. The molecule has 0 aliphatic heterocycles. The molecule has 2 N–H and O–H groups in total. The van der Waals surface area contributed by atoms with Crippen molar-refractivity contribution < 1.29 is 9.90 Å². The molecule has 0 atom stereocenters. The first kappa shape index (κ1) is 18.3. The van der Waals surface area contributed by atoms with E-state index in [1.165, 1.54) is 18.2 Å². The van der Waals surface area contributed by atoms with Crippen molar-refractivity contribution >= 4 is 41.1 Å². The highest BCUT2D eigenvalue weighted by Gasteiger charge is 2.11. The third kappa shape index (κ3) is 4.27. The van der Waals surface area contributed by atoms with Crippen LogP contribution in [0.5, 0.6) is 0 Å². The maximum absolute atomic E-state index is 11.0. The summed E-state index contributed by atoms with van der Waals surface area (Å²) >= 11 is 12.4. The normalized spacial score (nSPS) is 11.2. The Kier molecular flexibility index (Phi) is 6.23. The molecule has 1 aromatic carbocycles. The number of unbranched alkanes of at least 4 members (excludes halogenated alkanes) is 1. The molecule has 0 unspecified atom stereocenters. The molecule has 0 bridgehead atoms. The summed E-state index contributed by atoms with van der Waals surface area (Å²) in [6.45, 7) is 4.71. The number of carboxylic acid groups (broad SMARTS) is 1. The van der Waals surface area contributed by atoms with Crippen molar-refractivity contribution in [3.63, 3.8) is 0 Å². The van der Waals surface area contributed by atoms with Crippen molar-refractivity contribution in [2.75, 3.05) is 5.43 Å². The first-order valence-corrected chi connectivity index (χ1v) is 8.24. The van der Waals surface area contributed by atoms with Crippen molar-refractivity contribution in [1.29, 1.82) is 0 Å². The summed E-state index contributed by atoms with van der Waals surface area (Å²) in [5.74, 6) is -1.03. The van der Waals surface area contributed by atoms with Gasteiger partial charge in [-0.25, -0.2) is 4.79 Å². The van der Waals surface area contributed by atoms with Crippen LogP contribution in [0, 0.1) is 6.92 Å². The number of aromatic carboxylic acids is 1. The average Bonchev–Trinajstić information content (AvgIpc) is 2.81.